The average molecular weight is 919 g/mol. The summed E-state index contributed by atoms with van der Waals surface area (Å²) < 4.78 is 39.9. The average Bonchev–Trinajstić information content (AvgIpc) is 3.81. The molecule has 0 spiro atoms. The Morgan fingerprint density at radius 2 is 1.34 bits per heavy atom. The van der Waals surface area contributed by atoms with E-state index in [1.165, 1.54) is 0 Å². The maximum atomic E-state index is 9.21. The standard InChI is InChI=1S/C48H44N6O.Pt/c1-28(2)33-23-35(54-32(8)31(7)50-51-54)25-37(24-33)55-36-19-20-41-40-13-9-10-18-44(40)53(45(41)27-36)46-26-34(21-22-49-46)52-47-38(29(3)4)14-11-16-42(47)43-17-12-15-39(30(5)6)48(43)52;/h9-24,26,28-30H,1-8H3;/q-2;+2/i28D,29D,30D;. The summed E-state index contributed by atoms with van der Waals surface area (Å²) in [6, 6.07) is 39.3. The van der Waals surface area contributed by atoms with Crippen LogP contribution in [-0.2, 0) is 21.1 Å². The number of benzene rings is 5. The second kappa shape index (κ2) is 14.5. The predicted octanol–water partition coefficient (Wildman–Crippen LogP) is 12.2. The second-order valence-electron chi connectivity index (χ2n) is 14.9. The fourth-order valence-corrected chi connectivity index (χ4v) is 7.76. The van der Waals surface area contributed by atoms with E-state index in [-0.39, 0.29) is 21.1 Å². The monoisotopic (exact) mass is 918 g/mol. The molecule has 7 nitrogen and oxygen atoms in total. The molecule has 4 heterocycles. The van der Waals surface area contributed by atoms with Gasteiger partial charge in [0.25, 0.3) is 0 Å². The van der Waals surface area contributed by atoms with Crippen molar-refractivity contribution in [2.45, 2.75) is 73.1 Å². The van der Waals surface area contributed by atoms with Crippen molar-refractivity contribution < 1.29 is 29.9 Å². The summed E-state index contributed by atoms with van der Waals surface area (Å²) in [6.45, 7) is 15.2. The van der Waals surface area contributed by atoms with Gasteiger partial charge in [0, 0.05) is 44.2 Å². The number of para-hydroxylation sites is 3. The van der Waals surface area contributed by atoms with Crippen molar-refractivity contribution in [3.8, 4) is 28.7 Å². The van der Waals surface area contributed by atoms with Gasteiger partial charge in [-0.25, -0.2) is 9.67 Å². The summed E-state index contributed by atoms with van der Waals surface area (Å²) in [5.41, 5.74) is 9.38. The minimum atomic E-state index is -0.910. The zero-order valence-electron chi connectivity index (χ0n) is 35.7. The zero-order valence-corrected chi connectivity index (χ0v) is 35.0. The minimum Gasteiger partial charge on any atom is -0.509 e. The Hall–Kier alpha value is -5.52. The molecule has 0 amide bonds. The molecule has 0 radical (unpaired) electrons. The summed E-state index contributed by atoms with van der Waals surface area (Å²) in [7, 11) is 0. The Bertz CT molecular complexity index is 3020. The number of pyridine rings is 1. The second-order valence-corrected chi connectivity index (χ2v) is 14.9. The van der Waals surface area contributed by atoms with Crippen LogP contribution in [0.2, 0.25) is 0 Å². The van der Waals surface area contributed by atoms with Crippen LogP contribution < -0.4 is 4.74 Å². The molecule has 0 N–H and O–H groups in total. The minimum absolute atomic E-state index is 0. The SMILES string of the molecule is [2H]C(C)(C)c1cc(Oc2[c-]c3c(cc2)c2ccccc2n3-c2cc(-n3c4c(C([2H])(C)C)cccc4c4cccc(C([2H])(C)C)c43)ccn2)[c-]c(-n2nnc(C)c2C)c1.[Pt+2]. The molecule has 0 atom stereocenters. The van der Waals surface area contributed by atoms with Gasteiger partial charge in [0.05, 0.1) is 28.1 Å². The third-order valence-corrected chi connectivity index (χ3v) is 10.6. The first-order valence-corrected chi connectivity index (χ1v) is 18.6. The van der Waals surface area contributed by atoms with Crippen molar-refractivity contribution in [3.63, 3.8) is 0 Å². The Morgan fingerprint density at radius 3 is 1.98 bits per heavy atom. The maximum absolute atomic E-state index is 9.21. The summed E-state index contributed by atoms with van der Waals surface area (Å²) in [5, 5.41) is 12.7. The van der Waals surface area contributed by atoms with Gasteiger partial charge in [-0.1, -0.05) is 107 Å². The van der Waals surface area contributed by atoms with E-state index >= 15 is 0 Å². The van der Waals surface area contributed by atoms with E-state index in [1.807, 2.05) is 128 Å². The van der Waals surface area contributed by atoms with Gasteiger partial charge in [0.15, 0.2) is 0 Å². The number of fused-ring (bicyclic) bond motifs is 6. The van der Waals surface area contributed by atoms with Crippen LogP contribution in [0.3, 0.4) is 0 Å². The van der Waals surface area contributed by atoms with Crippen molar-refractivity contribution >= 4 is 43.6 Å². The van der Waals surface area contributed by atoms with Gasteiger partial charge < -0.3 is 13.9 Å². The van der Waals surface area contributed by atoms with Crippen LogP contribution in [0, 0.1) is 26.0 Å². The van der Waals surface area contributed by atoms with Gasteiger partial charge in [-0.15, -0.1) is 46.4 Å². The number of aryl methyl sites for hydroxylation is 1. The van der Waals surface area contributed by atoms with Crippen molar-refractivity contribution in [2.24, 2.45) is 0 Å². The van der Waals surface area contributed by atoms with Crippen LogP contribution in [-0.4, -0.2) is 29.1 Å². The van der Waals surface area contributed by atoms with Crippen LogP contribution in [0.25, 0.3) is 60.8 Å². The molecule has 0 aliphatic rings. The topological polar surface area (TPSA) is 62.7 Å². The molecule has 4 aromatic heterocycles. The molecule has 8 heteroatoms. The number of hydrogen-bond donors (Lipinski definition) is 0. The van der Waals surface area contributed by atoms with Crippen molar-refractivity contribution in [1.29, 1.82) is 0 Å². The van der Waals surface area contributed by atoms with E-state index < -0.39 is 17.7 Å². The zero-order chi connectivity index (χ0) is 40.9. The Balaban J connectivity index is 0.00000484. The van der Waals surface area contributed by atoms with Gasteiger partial charge in [0.2, 0.25) is 0 Å². The molecule has 0 aliphatic carbocycles. The van der Waals surface area contributed by atoms with Gasteiger partial charge in [-0.05, 0) is 65.9 Å². The summed E-state index contributed by atoms with van der Waals surface area (Å²) in [6.07, 6.45) is 1.82. The van der Waals surface area contributed by atoms with Crippen molar-refractivity contribution in [2.75, 3.05) is 0 Å². The first-order chi connectivity index (χ1) is 27.5. The number of nitrogens with zero attached hydrogens (tertiary/aromatic N) is 6. The first kappa shape index (κ1) is 33.8. The fourth-order valence-electron chi connectivity index (χ4n) is 7.76. The van der Waals surface area contributed by atoms with E-state index in [0.29, 0.717) is 23.0 Å². The molecular formula is C48H44N6OPt. The molecule has 0 unspecified atom stereocenters. The quantitative estimate of drug-likeness (QED) is 0.142. The van der Waals surface area contributed by atoms with E-state index in [0.717, 1.165) is 77.4 Å². The summed E-state index contributed by atoms with van der Waals surface area (Å²) >= 11 is 0. The molecule has 5 aromatic carbocycles. The van der Waals surface area contributed by atoms with E-state index in [1.54, 1.807) is 4.68 Å². The number of ether oxygens (including phenoxy) is 1. The third kappa shape index (κ3) is 6.13. The Labute approximate surface area is 346 Å². The van der Waals surface area contributed by atoms with Gasteiger partial charge in [0.1, 0.15) is 5.82 Å². The van der Waals surface area contributed by atoms with Crippen molar-refractivity contribution in [1.82, 2.24) is 29.1 Å². The summed E-state index contributed by atoms with van der Waals surface area (Å²) in [5.74, 6) is -1.09. The van der Waals surface area contributed by atoms with Crippen LogP contribution in [0.5, 0.6) is 11.5 Å². The van der Waals surface area contributed by atoms with Crippen molar-refractivity contribution in [3.05, 3.63) is 143 Å². The van der Waals surface area contributed by atoms with Gasteiger partial charge in [-0.2, -0.15) is 6.07 Å². The van der Waals surface area contributed by atoms with E-state index in [4.69, 9.17) is 11.1 Å². The summed E-state index contributed by atoms with van der Waals surface area (Å²) in [4.78, 5) is 4.97. The molecule has 282 valence electrons. The predicted molar refractivity (Wildman–Crippen MR) is 224 cm³/mol. The molecule has 0 bridgehead atoms. The Morgan fingerprint density at radius 1 is 0.661 bits per heavy atom. The molecule has 9 rings (SSSR count). The molecule has 9 aromatic rings. The van der Waals surface area contributed by atoms with Crippen LogP contribution in [0.1, 0.15) is 91.4 Å². The third-order valence-electron chi connectivity index (χ3n) is 10.6. The van der Waals surface area contributed by atoms with Crippen LogP contribution in [0.4, 0.5) is 0 Å². The normalized spacial score (nSPS) is 13.2. The molecule has 0 saturated carbocycles. The molecule has 56 heavy (non-hydrogen) atoms. The van der Waals surface area contributed by atoms with Gasteiger partial charge >= 0.3 is 21.1 Å². The molecule has 0 fully saturated rings. The number of hydrogen-bond acceptors (Lipinski definition) is 4. The smallest absolute Gasteiger partial charge is 0.509 e. The molecule has 0 aliphatic heterocycles. The van der Waals surface area contributed by atoms with Crippen LogP contribution in [0.15, 0.2) is 103 Å². The molecular weight excluding hydrogens is 872 g/mol. The van der Waals surface area contributed by atoms with Crippen LogP contribution >= 0.6 is 0 Å². The molecule has 0 saturated heterocycles. The van der Waals surface area contributed by atoms with E-state index in [9.17, 15) is 2.74 Å². The maximum Gasteiger partial charge on any atom is 2.00 e. The first-order valence-electron chi connectivity index (χ1n) is 20.1. The number of rotatable bonds is 8. The largest absolute Gasteiger partial charge is 2.00 e. The van der Waals surface area contributed by atoms with Gasteiger partial charge in [-0.3, -0.25) is 0 Å². The fraction of sp³-hybridized carbons (Fsp3) is 0.229. The van der Waals surface area contributed by atoms with E-state index in [2.05, 4.69) is 61.9 Å². The Kier molecular flexibility index (Phi) is 8.76. The number of aromatic nitrogens is 6.